The zero-order valence-corrected chi connectivity index (χ0v) is 20.2. The zero-order valence-electron chi connectivity index (χ0n) is 19.4. The lowest BCUT2D eigenvalue weighted by atomic mass is 10.0. The Morgan fingerprint density at radius 2 is 1.88 bits per heavy atom. The van der Waals surface area contributed by atoms with Crippen LogP contribution in [0.5, 0.6) is 0 Å². The number of ether oxygens (including phenoxy) is 1. The lowest BCUT2D eigenvalue weighted by Crippen LogP contribution is -2.44. The van der Waals surface area contributed by atoms with Crippen molar-refractivity contribution in [1.29, 1.82) is 0 Å². The highest BCUT2D eigenvalue weighted by Gasteiger charge is 2.30. The molecule has 1 aliphatic rings. The highest BCUT2D eigenvalue weighted by molar-refractivity contribution is 8.32. The molecule has 9 heteroatoms. The minimum absolute atomic E-state index is 0.00520. The number of likely N-dealkylation sites (tertiary alicyclic amines) is 1. The van der Waals surface area contributed by atoms with Gasteiger partial charge in [0.15, 0.2) is 0 Å². The molecule has 0 bridgehead atoms. The summed E-state index contributed by atoms with van der Waals surface area (Å²) in [5, 5.41) is 5.41. The number of halogens is 2. The molecule has 0 saturated carbocycles. The zero-order chi connectivity index (χ0) is 24.2. The van der Waals surface area contributed by atoms with E-state index in [1.807, 2.05) is 18.8 Å². The third-order valence-electron chi connectivity index (χ3n) is 5.43. The monoisotopic (exact) mass is 479 g/mol. The van der Waals surface area contributed by atoms with Gasteiger partial charge in [-0.1, -0.05) is 24.3 Å². The Morgan fingerprint density at radius 1 is 1.18 bits per heavy atom. The Labute approximate surface area is 195 Å². The predicted molar refractivity (Wildman–Crippen MR) is 128 cm³/mol. The minimum Gasteiger partial charge on any atom is -0.380 e. The van der Waals surface area contributed by atoms with Gasteiger partial charge in [0.1, 0.15) is 18.0 Å². The Morgan fingerprint density at radius 3 is 2.42 bits per heavy atom. The van der Waals surface area contributed by atoms with E-state index in [2.05, 4.69) is 10.6 Å². The van der Waals surface area contributed by atoms with Crippen LogP contribution >= 0.6 is 10.0 Å². The van der Waals surface area contributed by atoms with Gasteiger partial charge in [0.2, 0.25) is 0 Å². The minimum atomic E-state index is -1.27. The maximum atomic E-state index is 14.6. The number of rotatable bonds is 7. The first kappa shape index (κ1) is 25.0. The van der Waals surface area contributed by atoms with Crippen molar-refractivity contribution >= 4 is 27.7 Å². The van der Waals surface area contributed by atoms with Crippen LogP contribution in [-0.4, -0.2) is 62.0 Å². The number of urea groups is 1. The number of nitrogens with one attached hydrogen (secondary N) is 2. The van der Waals surface area contributed by atoms with Crippen LogP contribution in [0.15, 0.2) is 47.4 Å². The molecule has 180 valence electrons. The Kier molecular flexibility index (Phi) is 7.97. The topological polar surface area (TPSA) is 70.7 Å². The van der Waals surface area contributed by atoms with Crippen molar-refractivity contribution in [2.24, 2.45) is 0 Å². The fourth-order valence-electron chi connectivity index (χ4n) is 3.68. The van der Waals surface area contributed by atoms with Gasteiger partial charge >= 0.3 is 6.03 Å². The number of hydrogen-bond donors (Lipinski definition) is 2. The second-order valence-electron chi connectivity index (χ2n) is 8.86. The molecular formula is C24H31F2N3O3S. The lowest BCUT2D eigenvalue weighted by Gasteiger charge is -2.27. The number of carbonyl (C=O) groups excluding carboxylic acids is 2. The Balaban J connectivity index is 1.82. The van der Waals surface area contributed by atoms with Gasteiger partial charge in [0.05, 0.1) is 13.2 Å². The molecule has 0 radical (unpaired) electrons. The van der Waals surface area contributed by atoms with Gasteiger partial charge in [-0.15, -0.1) is 0 Å². The standard InChI is InChI=1S/C24H31F2N3O3S/c1-32-15-16-5-7-17(8-6-16)22(28-24(31)29-12-11-18(25)14-29)23(30)27-19-9-10-21(20(26)13-19)33(2,3)4/h5-10,13,18,22H,11-12,14-15H2,1-4H3,(H,27,30)(H,28,31)/t18-,22+/m0/s1. The number of alkyl halides is 1. The van der Waals surface area contributed by atoms with Gasteiger partial charge in [0.25, 0.3) is 5.91 Å². The molecule has 6 nitrogen and oxygen atoms in total. The maximum absolute atomic E-state index is 14.6. The number of hydrogen-bond acceptors (Lipinski definition) is 3. The molecule has 2 atom stereocenters. The molecule has 0 aromatic heterocycles. The number of benzene rings is 2. The third-order valence-corrected chi connectivity index (χ3v) is 7.08. The van der Waals surface area contributed by atoms with E-state index in [4.69, 9.17) is 4.74 Å². The summed E-state index contributed by atoms with van der Waals surface area (Å²) < 4.78 is 33.3. The second-order valence-corrected chi connectivity index (χ2v) is 13.0. The highest BCUT2D eigenvalue weighted by atomic mass is 32.3. The summed E-state index contributed by atoms with van der Waals surface area (Å²) in [6.45, 7) is 0.696. The number of methoxy groups -OCH3 is 1. The van der Waals surface area contributed by atoms with Crippen molar-refractivity contribution in [3.8, 4) is 0 Å². The molecule has 1 fully saturated rings. The van der Waals surface area contributed by atoms with E-state index in [1.54, 1.807) is 43.5 Å². The Hall–Kier alpha value is -2.65. The molecular weight excluding hydrogens is 448 g/mol. The quantitative estimate of drug-likeness (QED) is 0.616. The van der Waals surface area contributed by atoms with E-state index in [0.717, 1.165) is 5.56 Å². The molecule has 0 aliphatic carbocycles. The van der Waals surface area contributed by atoms with E-state index < -0.39 is 34.2 Å². The van der Waals surface area contributed by atoms with Crippen molar-refractivity contribution in [1.82, 2.24) is 10.2 Å². The first-order chi connectivity index (χ1) is 15.6. The summed E-state index contributed by atoms with van der Waals surface area (Å²) in [5.41, 5.74) is 1.76. The van der Waals surface area contributed by atoms with Gasteiger partial charge in [-0.2, -0.15) is 0 Å². The van der Waals surface area contributed by atoms with Crippen LogP contribution in [0, 0.1) is 5.82 Å². The van der Waals surface area contributed by atoms with Gasteiger partial charge in [-0.25, -0.2) is 23.6 Å². The number of carbonyl (C=O) groups is 2. The smallest absolute Gasteiger partial charge is 0.318 e. The van der Waals surface area contributed by atoms with Crippen molar-refractivity contribution in [3.63, 3.8) is 0 Å². The molecule has 3 rings (SSSR count). The SMILES string of the molecule is COCc1ccc([C@@H](NC(=O)N2CC[C@H](F)C2)C(=O)Nc2ccc(S(C)(C)C)c(F)c2)cc1. The van der Waals surface area contributed by atoms with Crippen LogP contribution in [0.2, 0.25) is 0 Å². The van der Waals surface area contributed by atoms with E-state index in [0.29, 0.717) is 22.8 Å². The average Bonchev–Trinajstić information content (AvgIpc) is 3.18. The van der Waals surface area contributed by atoms with Crippen LogP contribution in [0.3, 0.4) is 0 Å². The molecule has 33 heavy (non-hydrogen) atoms. The maximum Gasteiger partial charge on any atom is 0.318 e. The molecule has 0 spiro atoms. The molecule has 2 aromatic carbocycles. The normalized spacial score (nSPS) is 17.5. The van der Waals surface area contributed by atoms with Crippen molar-refractivity contribution in [3.05, 3.63) is 59.4 Å². The first-order valence-electron chi connectivity index (χ1n) is 10.6. The van der Waals surface area contributed by atoms with Gasteiger partial charge in [-0.05, 0) is 54.5 Å². The van der Waals surface area contributed by atoms with Crippen LogP contribution in [0.4, 0.5) is 19.3 Å². The molecule has 0 unspecified atom stereocenters. The predicted octanol–water partition coefficient (Wildman–Crippen LogP) is 4.46. The van der Waals surface area contributed by atoms with Gasteiger partial charge in [0, 0.05) is 24.2 Å². The van der Waals surface area contributed by atoms with E-state index in [-0.39, 0.29) is 25.3 Å². The van der Waals surface area contributed by atoms with Gasteiger partial charge < -0.3 is 20.3 Å². The summed E-state index contributed by atoms with van der Waals surface area (Å²) in [7, 11) is 0.319. The average molecular weight is 480 g/mol. The largest absolute Gasteiger partial charge is 0.380 e. The second kappa shape index (κ2) is 10.5. The van der Waals surface area contributed by atoms with Crippen LogP contribution in [0.1, 0.15) is 23.6 Å². The summed E-state index contributed by atoms with van der Waals surface area (Å²) in [6, 6.07) is 10.1. The van der Waals surface area contributed by atoms with Gasteiger partial charge in [-0.3, -0.25) is 4.79 Å². The molecule has 2 N–H and O–H groups in total. The fraction of sp³-hybridized carbons (Fsp3) is 0.417. The van der Waals surface area contributed by atoms with Crippen LogP contribution in [0.25, 0.3) is 0 Å². The highest BCUT2D eigenvalue weighted by Crippen LogP contribution is 2.46. The molecule has 3 amide bonds. The molecule has 1 heterocycles. The molecule has 1 aliphatic heterocycles. The number of amides is 3. The molecule has 2 aromatic rings. The Bertz CT molecular complexity index is 995. The first-order valence-corrected chi connectivity index (χ1v) is 13.5. The van der Waals surface area contributed by atoms with Crippen LogP contribution < -0.4 is 10.6 Å². The fourth-order valence-corrected chi connectivity index (χ4v) is 4.80. The van der Waals surface area contributed by atoms with Crippen molar-refractivity contribution < 1.29 is 23.1 Å². The number of anilines is 1. The summed E-state index contributed by atoms with van der Waals surface area (Å²) >= 11 is 0. The lowest BCUT2D eigenvalue weighted by molar-refractivity contribution is -0.118. The third kappa shape index (κ3) is 6.45. The van der Waals surface area contributed by atoms with E-state index >= 15 is 0 Å². The van der Waals surface area contributed by atoms with Crippen LogP contribution in [-0.2, 0) is 16.1 Å². The summed E-state index contributed by atoms with van der Waals surface area (Å²) in [6.07, 6.45) is 5.18. The summed E-state index contributed by atoms with van der Waals surface area (Å²) in [4.78, 5) is 27.8. The van der Waals surface area contributed by atoms with E-state index in [9.17, 15) is 18.4 Å². The van der Waals surface area contributed by atoms with E-state index in [1.165, 1.54) is 11.0 Å². The van der Waals surface area contributed by atoms with Crippen molar-refractivity contribution in [2.75, 3.05) is 44.3 Å². The molecule has 1 saturated heterocycles. The van der Waals surface area contributed by atoms with Crippen molar-refractivity contribution in [2.45, 2.75) is 30.1 Å². The number of nitrogens with zero attached hydrogens (tertiary/aromatic N) is 1. The summed E-state index contributed by atoms with van der Waals surface area (Å²) in [5.74, 6) is -0.903.